The highest BCUT2D eigenvalue weighted by molar-refractivity contribution is 5.95. The lowest BCUT2D eigenvalue weighted by molar-refractivity contribution is -0.122. The molecule has 1 aromatic heterocycles. The van der Waals surface area contributed by atoms with Crippen molar-refractivity contribution < 1.29 is 14.0 Å². The molecular formula is C20H26N2O3. The van der Waals surface area contributed by atoms with Gasteiger partial charge in [-0.2, -0.15) is 0 Å². The molecule has 1 unspecified atom stereocenters. The van der Waals surface area contributed by atoms with Gasteiger partial charge in [-0.15, -0.1) is 0 Å². The third-order valence-corrected chi connectivity index (χ3v) is 3.98. The summed E-state index contributed by atoms with van der Waals surface area (Å²) in [4.78, 5) is 24.8. The van der Waals surface area contributed by atoms with Crippen molar-refractivity contribution >= 4 is 11.8 Å². The number of carbonyl (C=O) groups excluding carboxylic acids is 2. The molecule has 2 rings (SSSR count). The van der Waals surface area contributed by atoms with Gasteiger partial charge in [0, 0.05) is 13.0 Å². The predicted molar refractivity (Wildman–Crippen MR) is 97.3 cm³/mol. The average Bonchev–Trinajstić information content (AvgIpc) is 3.16. The van der Waals surface area contributed by atoms with Gasteiger partial charge >= 0.3 is 0 Å². The molecule has 0 radical (unpaired) electrons. The van der Waals surface area contributed by atoms with Crippen LogP contribution < -0.4 is 10.6 Å². The van der Waals surface area contributed by atoms with Crippen LogP contribution >= 0.6 is 0 Å². The van der Waals surface area contributed by atoms with Crippen LogP contribution in [0.1, 0.15) is 48.7 Å². The van der Waals surface area contributed by atoms with E-state index in [4.69, 9.17) is 4.42 Å². The standard InChI is InChI=1S/C20H26N2O3/c1-2-3-4-8-13-21-19(23)17(15-16-10-6-5-7-11-16)22-20(24)18-12-9-14-25-18/h5-7,9-12,14,17H,2-4,8,13,15H2,1H3,(H,21,23)(H,22,24). The van der Waals surface area contributed by atoms with E-state index in [2.05, 4.69) is 17.6 Å². The Bertz CT molecular complexity index is 638. The van der Waals surface area contributed by atoms with E-state index in [-0.39, 0.29) is 17.6 Å². The summed E-state index contributed by atoms with van der Waals surface area (Å²) in [6.45, 7) is 2.78. The molecular weight excluding hydrogens is 316 g/mol. The normalized spacial score (nSPS) is 11.7. The Balaban J connectivity index is 1.95. The van der Waals surface area contributed by atoms with Crippen molar-refractivity contribution in [2.24, 2.45) is 0 Å². The minimum atomic E-state index is -0.633. The lowest BCUT2D eigenvalue weighted by atomic mass is 10.0. The first-order chi connectivity index (χ1) is 12.2. The Hall–Kier alpha value is -2.56. The van der Waals surface area contributed by atoms with Crippen LogP contribution in [0.15, 0.2) is 53.1 Å². The molecule has 1 atom stereocenters. The molecule has 0 aliphatic rings. The third-order valence-electron chi connectivity index (χ3n) is 3.98. The molecule has 2 amide bonds. The van der Waals surface area contributed by atoms with Gasteiger partial charge in [-0.05, 0) is 24.1 Å². The minimum Gasteiger partial charge on any atom is -0.459 e. The van der Waals surface area contributed by atoms with Crippen LogP contribution in [-0.2, 0) is 11.2 Å². The van der Waals surface area contributed by atoms with Crippen molar-refractivity contribution in [3.05, 3.63) is 60.1 Å². The molecule has 0 aliphatic carbocycles. The smallest absolute Gasteiger partial charge is 0.287 e. The van der Waals surface area contributed by atoms with Gasteiger partial charge in [0.15, 0.2) is 5.76 Å². The van der Waals surface area contributed by atoms with Gasteiger partial charge in [0.05, 0.1) is 6.26 Å². The topological polar surface area (TPSA) is 71.3 Å². The van der Waals surface area contributed by atoms with Gasteiger partial charge in [0.2, 0.25) is 5.91 Å². The lowest BCUT2D eigenvalue weighted by Crippen LogP contribution is -2.48. The second-order valence-electron chi connectivity index (χ2n) is 6.04. The molecule has 0 saturated carbocycles. The van der Waals surface area contributed by atoms with Gasteiger partial charge in [0.1, 0.15) is 6.04 Å². The first kappa shape index (κ1) is 18.8. The highest BCUT2D eigenvalue weighted by atomic mass is 16.3. The summed E-state index contributed by atoms with van der Waals surface area (Å²) in [6, 6.07) is 12.2. The highest BCUT2D eigenvalue weighted by Crippen LogP contribution is 2.06. The van der Waals surface area contributed by atoms with E-state index in [1.54, 1.807) is 12.1 Å². The second kappa shape index (κ2) is 10.3. The van der Waals surface area contributed by atoms with Crippen LogP contribution in [0.5, 0.6) is 0 Å². The van der Waals surface area contributed by atoms with Crippen LogP contribution in [0.4, 0.5) is 0 Å². The van der Waals surface area contributed by atoms with E-state index in [0.29, 0.717) is 13.0 Å². The van der Waals surface area contributed by atoms with Crippen LogP contribution in [0.2, 0.25) is 0 Å². The van der Waals surface area contributed by atoms with Crippen molar-refractivity contribution in [1.29, 1.82) is 0 Å². The molecule has 0 fully saturated rings. The average molecular weight is 342 g/mol. The molecule has 0 saturated heterocycles. The maximum Gasteiger partial charge on any atom is 0.287 e. The maximum absolute atomic E-state index is 12.5. The fourth-order valence-electron chi connectivity index (χ4n) is 2.58. The fourth-order valence-corrected chi connectivity index (χ4v) is 2.58. The molecule has 134 valence electrons. The molecule has 5 heteroatoms. The zero-order valence-electron chi connectivity index (χ0n) is 14.7. The summed E-state index contributed by atoms with van der Waals surface area (Å²) in [7, 11) is 0. The summed E-state index contributed by atoms with van der Waals surface area (Å²) in [5.41, 5.74) is 0.994. The SMILES string of the molecule is CCCCCCNC(=O)C(Cc1ccccc1)NC(=O)c1ccco1. The van der Waals surface area contributed by atoms with Gasteiger partial charge < -0.3 is 15.1 Å². The summed E-state index contributed by atoms with van der Waals surface area (Å²) in [5.74, 6) is -0.346. The molecule has 5 nitrogen and oxygen atoms in total. The van der Waals surface area contributed by atoms with Gasteiger partial charge in [0.25, 0.3) is 5.91 Å². The molecule has 2 N–H and O–H groups in total. The van der Waals surface area contributed by atoms with E-state index in [1.165, 1.54) is 12.7 Å². The number of nitrogens with one attached hydrogen (secondary N) is 2. The predicted octanol–water partition coefficient (Wildman–Crippen LogP) is 3.32. The molecule has 1 heterocycles. The van der Waals surface area contributed by atoms with E-state index >= 15 is 0 Å². The summed E-state index contributed by atoms with van der Waals surface area (Å²) in [6.07, 6.45) is 6.24. The first-order valence-corrected chi connectivity index (χ1v) is 8.86. The Morgan fingerprint density at radius 3 is 2.52 bits per heavy atom. The van der Waals surface area contributed by atoms with E-state index in [0.717, 1.165) is 24.8 Å². The summed E-state index contributed by atoms with van der Waals surface area (Å²) >= 11 is 0. The Morgan fingerprint density at radius 1 is 1.04 bits per heavy atom. The highest BCUT2D eigenvalue weighted by Gasteiger charge is 2.22. The fraction of sp³-hybridized carbons (Fsp3) is 0.400. The van der Waals surface area contributed by atoms with E-state index in [1.807, 2.05) is 30.3 Å². The maximum atomic E-state index is 12.5. The quantitative estimate of drug-likeness (QED) is 0.651. The van der Waals surface area contributed by atoms with E-state index < -0.39 is 6.04 Å². The molecule has 1 aromatic carbocycles. The van der Waals surface area contributed by atoms with Crippen molar-refractivity contribution in [3.8, 4) is 0 Å². The van der Waals surface area contributed by atoms with Crippen LogP contribution in [0, 0.1) is 0 Å². The number of amides is 2. The minimum absolute atomic E-state index is 0.166. The first-order valence-electron chi connectivity index (χ1n) is 8.86. The lowest BCUT2D eigenvalue weighted by Gasteiger charge is -2.18. The summed E-state index contributed by atoms with van der Waals surface area (Å²) < 4.78 is 5.11. The number of furan rings is 1. The van der Waals surface area contributed by atoms with Crippen LogP contribution in [0.3, 0.4) is 0 Å². The molecule has 25 heavy (non-hydrogen) atoms. The second-order valence-corrected chi connectivity index (χ2v) is 6.04. The Labute approximate surface area is 148 Å². The van der Waals surface area contributed by atoms with Crippen LogP contribution in [0.25, 0.3) is 0 Å². The number of hydrogen-bond donors (Lipinski definition) is 2. The largest absolute Gasteiger partial charge is 0.459 e. The van der Waals surface area contributed by atoms with E-state index in [9.17, 15) is 9.59 Å². The van der Waals surface area contributed by atoms with Crippen molar-refractivity contribution in [1.82, 2.24) is 10.6 Å². The number of carbonyl (C=O) groups is 2. The third kappa shape index (κ3) is 6.45. The monoisotopic (exact) mass is 342 g/mol. The van der Waals surface area contributed by atoms with Gasteiger partial charge in [-0.3, -0.25) is 9.59 Å². The number of benzene rings is 1. The zero-order chi connectivity index (χ0) is 17.9. The molecule has 0 bridgehead atoms. The van der Waals surface area contributed by atoms with Crippen molar-refractivity contribution in [2.75, 3.05) is 6.54 Å². The van der Waals surface area contributed by atoms with Crippen molar-refractivity contribution in [3.63, 3.8) is 0 Å². The number of rotatable bonds is 10. The molecule has 0 aliphatic heterocycles. The van der Waals surface area contributed by atoms with Crippen molar-refractivity contribution in [2.45, 2.75) is 45.1 Å². The Morgan fingerprint density at radius 2 is 1.84 bits per heavy atom. The number of unbranched alkanes of at least 4 members (excludes halogenated alkanes) is 3. The number of hydrogen-bond acceptors (Lipinski definition) is 3. The Kier molecular flexibility index (Phi) is 7.76. The van der Waals surface area contributed by atoms with Crippen LogP contribution in [-0.4, -0.2) is 24.4 Å². The zero-order valence-corrected chi connectivity index (χ0v) is 14.7. The van der Waals surface area contributed by atoms with Gasteiger partial charge in [-0.25, -0.2) is 0 Å². The van der Waals surface area contributed by atoms with Gasteiger partial charge in [-0.1, -0.05) is 56.5 Å². The summed E-state index contributed by atoms with van der Waals surface area (Å²) in [5, 5.41) is 5.70. The molecule has 2 aromatic rings. The molecule has 0 spiro atoms.